The van der Waals surface area contributed by atoms with Crippen LogP contribution in [-0.4, -0.2) is 42.8 Å². The first-order chi connectivity index (χ1) is 9.83. The number of benzene rings is 1. The summed E-state index contributed by atoms with van der Waals surface area (Å²) >= 11 is 0. The fourth-order valence-electron chi connectivity index (χ4n) is 2.60. The van der Waals surface area contributed by atoms with E-state index in [4.69, 9.17) is 4.74 Å². The predicted molar refractivity (Wildman–Crippen MR) is 77.6 cm³/mol. The third-order valence-corrected chi connectivity index (χ3v) is 4.00. The summed E-state index contributed by atoms with van der Waals surface area (Å²) in [5.74, 6) is 0. The molecule has 2 aliphatic rings. The number of rotatable bonds is 5. The Morgan fingerprint density at radius 1 is 1.25 bits per heavy atom. The Morgan fingerprint density at radius 2 is 2.05 bits per heavy atom. The zero-order valence-corrected chi connectivity index (χ0v) is 11.8. The first kappa shape index (κ1) is 13.4. The molecule has 0 bridgehead atoms. The maximum atomic E-state index is 12.4. The highest BCUT2D eigenvalue weighted by molar-refractivity contribution is 5.75. The van der Waals surface area contributed by atoms with Gasteiger partial charge in [-0.25, -0.2) is 4.79 Å². The minimum atomic E-state index is 0.0823. The zero-order valence-electron chi connectivity index (χ0n) is 11.8. The lowest BCUT2D eigenvalue weighted by Gasteiger charge is -2.28. The smallest absolute Gasteiger partial charge is 0.317 e. The monoisotopic (exact) mass is 274 g/mol. The van der Waals surface area contributed by atoms with Gasteiger partial charge in [0.05, 0.1) is 12.6 Å². The largest absolute Gasteiger partial charge is 0.379 e. The van der Waals surface area contributed by atoms with Gasteiger partial charge in [-0.1, -0.05) is 30.3 Å². The number of carbonyl (C=O) groups is 1. The van der Waals surface area contributed by atoms with Gasteiger partial charge >= 0.3 is 6.03 Å². The highest BCUT2D eigenvalue weighted by Crippen LogP contribution is 2.20. The normalized spacial score (nSPS) is 21.7. The average Bonchev–Trinajstić information content (AvgIpc) is 3.12. The molecule has 1 aliphatic heterocycles. The number of urea groups is 1. The molecule has 0 aromatic heterocycles. The molecule has 0 radical (unpaired) electrons. The van der Waals surface area contributed by atoms with Crippen LogP contribution in [0.3, 0.4) is 0 Å². The van der Waals surface area contributed by atoms with Gasteiger partial charge in [-0.15, -0.1) is 0 Å². The first-order valence-electron chi connectivity index (χ1n) is 7.52. The second-order valence-electron chi connectivity index (χ2n) is 5.67. The Labute approximate surface area is 120 Å². The van der Waals surface area contributed by atoms with Crippen molar-refractivity contribution in [1.29, 1.82) is 0 Å². The average molecular weight is 274 g/mol. The number of nitrogens with one attached hydrogen (secondary N) is 1. The summed E-state index contributed by atoms with van der Waals surface area (Å²) in [6, 6.07) is 11.1. The van der Waals surface area contributed by atoms with Crippen molar-refractivity contribution in [2.45, 2.75) is 37.8 Å². The second kappa shape index (κ2) is 6.27. The Hall–Kier alpha value is -1.55. The summed E-state index contributed by atoms with van der Waals surface area (Å²) in [6.07, 6.45) is 4.10. The summed E-state index contributed by atoms with van der Waals surface area (Å²) in [5.41, 5.74) is 1.27. The maximum absolute atomic E-state index is 12.4. The SMILES string of the molecule is O=C(NC1CC1)N(CCc1ccccc1)C1CCOC1. The molecule has 1 N–H and O–H groups in total. The molecule has 1 aromatic rings. The van der Waals surface area contributed by atoms with E-state index in [9.17, 15) is 4.79 Å². The number of carbonyl (C=O) groups excluding carboxylic acids is 1. The first-order valence-corrected chi connectivity index (χ1v) is 7.52. The molecule has 108 valence electrons. The van der Waals surface area contributed by atoms with Crippen LogP contribution in [0.25, 0.3) is 0 Å². The van der Waals surface area contributed by atoms with Gasteiger partial charge < -0.3 is 15.0 Å². The number of amides is 2. The molecule has 1 saturated heterocycles. The third kappa shape index (κ3) is 3.51. The van der Waals surface area contributed by atoms with E-state index in [2.05, 4.69) is 17.4 Å². The molecule has 20 heavy (non-hydrogen) atoms. The highest BCUT2D eigenvalue weighted by Gasteiger charge is 2.31. The van der Waals surface area contributed by atoms with Crippen LogP contribution < -0.4 is 5.32 Å². The molecular formula is C16H22N2O2. The van der Waals surface area contributed by atoms with Crippen molar-refractivity contribution in [3.63, 3.8) is 0 Å². The lowest BCUT2D eigenvalue weighted by molar-refractivity contribution is 0.146. The van der Waals surface area contributed by atoms with Gasteiger partial charge in [0, 0.05) is 19.2 Å². The van der Waals surface area contributed by atoms with Crippen molar-refractivity contribution < 1.29 is 9.53 Å². The van der Waals surface area contributed by atoms with Crippen molar-refractivity contribution in [3.8, 4) is 0 Å². The van der Waals surface area contributed by atoms with Crippen molar-refractivity contribution in [1.82, 2.24) is 10.2 Å². The van der Waals surface area contributed by atoms with E-state index in [-0.39, 0.29) is 12.1 Å². The quantitative estimate of drug-likeness (QED) is 0.894. The van der Waals surface area contributed by atoms with Gasteiger partial charge in [0.15, 0.2) is 0 Å². The molecule has 2 fully saturated rings. The zero-order chi connectivity index (χ0) is 13.8. The van der Waals surface area contributed by atoms with Gasteiger partial charge in [0.1, 0.15) is 0 Å². The van der Waals surface area contributed by atoms with Crippen LogP contribution in [0.15, 0.2) is 30.3 Å². The molecule has 1 atom stereocenters. The number of ether oxygens (including phenoxy) is 1. The van der Waals surface area contributed by atoms with Crippen LogP contribution in [-0.2, 0) is 11.2 Å². The lowest BCUT2D eigenvalue weighted by Crippen LogP contribution is -2.48. The van der Waals surface area contributed by atoms with Crippen LogP contribution in [0.5, 0.6) is 0 Å². The van der Waals surface area contributed by atoms with Crippen molar-refractivity contribution >= 4 is 6.03 Å². The minimum Gasteiger partial charge on any atom is -0.379 e. The molecule has 2 amide bonds. The molecule has 1 aromatic carbocycles. The van der Waals surface area contributed by atoms with Gasteiger partial charge in [-0.3, -0.25) is 0 Å². The Bertz CT molecular complexity index is 439. The van der Waals surface area contributed by atoms with Crippen LogP contribution in [0.1, 0.15) is 24.8 Å². The van der Waals surface area contributed by atoms with E-state index >= 15 is 0 Å². The van der Waals surface area contributed by atoms with Crippen molar-refractivity contribution in [2.75, 3.05) is 19.8 Å². The van der Waals surface area contributed by atoms with Gasteiger partial charge in [-0.05, 0) is 31.2 Å². The van der Waals surface area contributed by atoms with Crippen molar-refractivity contribution in [2.24, 2.45) is 0 Å². The molecule has 1 unspecified atom stereocenters. The fraction of sp³-hybridized carbons (Fsp3) is 0.562. The van der Waals surface area contributed by atoms with E-state index in [1.807, 2.05) is 23.1 Å². The van der Waals surface area contributed by atoms with Crippen LogP contribution in [0, 0.1) is 0 Å². The van der Waals surface area contributed by atoms with E-state index in [1.54, 1.807) is 0 Å². The summed E-state index contributed by atoms with van der Waals surface area (Å²) in [4.78, 5) is 14.3. The predicted octanol–water partition coefficient (Wildman–Crippen LogP) is 2.19. The van der Waals surface area contributed by atoms with Gasteiger partial charge in [0.25, 0.3) is 0 Å². The van der Waals surface area contributed by atoms with Crippen molar-refractivity contribution in [3.05, 3.63) is 35.9 Å². The third-order valence-electron chi connectivity index (χ3n) is 4.00. The number of hydrogen-bond donors (Lipinski definition) is 1. The molecule has 1 heterocycles. The van der Waals surface area contributed by atoms with Gasteiger partial charge in [-0.2, -0.15) is 0 Å². The second-order valence-corrected chi connectivity index (χ2v) is 5.67. The fourth-order valence-corrected chi connectivity index (χ4v) is 2.60. The molecule has 3 rings (SSSR count). The minimum absolute atomic E-state index is 0.0823. The summed E-state index contributed by atoms with van der Waals surface area (Å²) in [5, 5.41) is 3.10. The van der Waals surface area contributed by atoms with Gasteiger partial charge in [0.2, 0.25) is 0 Å². The highest BCUT2D eigenvalue weighted by atomic mass is 16.5. The molecular weight excluding hydrogens is 252 g/mol. The summed E-state index contributed by atoms with van der Waals surface area (Å²) < 4.78 is 5.44. The van der Waals surface area contributed by atoms with E-state index in [1.165, 1.54) is 5.56 Å². The van der Waals surface area contributed by atoms with E-state index in [0.717, 1.165) is 38.8 Å². The maximum Gasteiger partial charge on any atom is 0.317 e. The molecule has 0 spiro atoms. The Morgan fingerprint density at radius 3 is 2.70 bits per heavy atom. The van der Waals surface area contributed by atoms with Crippen LogP contribution >= 0.6 is 0 Å². The number of nitrogens with zero attached hydrogens (tertiary/aromatic N) is 1. The summed E-state index contributed by atoms with van der Waals surface area (Å²) in [7, 11) is 0. The molecule has 4 heteroatoms. The lowest BCUT2D eigenvalue weighted by atomic mass is 10.1. The molecule has 1 saturated carbocycles. The van der Waals surface area contributed by atoms with Crippen LogP contribution in [0.2, 0.25) is 0 Å². The molecule has 1 aliphatic carbocycles. The Kier molecular flexibility index (Phi) is 4.21. The van der Waals surface area contributed by atoms with Crippen LogP contribution in [0.4, 0.5) is 4.79 Å². The standard InChI is InChI=1S/C16H22N2O2/c19-16(17-14-6-7-14)18(15-9-11-20-12-15)10-8-13-4-2-1-3-5-13/h1-5,14-15H,6-12H2,(H,17,19). The van der Waals surface area contributed by atoms with E-state index in [0.29, 0.717) is 12.6 Å². The van der Waals surface area contributed by atoms with E-state index < -0.39 is 0 Å². The summed E-state index contributed by atoms with van der Waals surface area (Å²) in [6.45, 7) is 2.20. The number of hydrogen-bond acceptors (Lipinski definition) is 2. The Balaban J connectivity index is 1.60. The topological polar surface area (TPSA) is 41.6 Å². The molecule has 4 nitrogen and oxygen atoms in total.